The largest absolute Gasteiger partial charge is 0.352 e. The molecular formula is C23H21ClF2N4O3S. The molecule has 1 amide bonds. The number of carbonyl (C=O) groups excluding carboxylic acids is 1. The lowest BCUT2D eigenvalue weighted by Crippen LogP contribution is -2.38. The van der Waals surface area contributed by atoms with Crippen LogP contribution in [0.25, 0.3) is 0 Å². The Morgan fingerprint density at radius 2 is 1.74 bits per heavy atom. The van der Waals surface area contributed by atoms with Crippen molar-refractivity contribution in [3.63, 3.8) is 0 Å². The van der Waals surface area contributed by atoms with E-state index >= 15 is 0 Å². The van der Waals surface area contributed by atoms with E-state index in [0.29, 0.717) is 25.9 Å². The molecule has 1 saturated heterocycles. The first-order valence-corrected chi connectivity index (χ1v) is 12.3. The Hall–Kier alpha value is -3.08. The molecule has 0 aliphatic carbocycles. The van der Waals surface area contributed by atoms with Gasteiger partial charge in [-0.25, -0.2) is 27.3 Å². The van der Waals surface area contributed by atoms with Gasteiger partial charge in [-0.15, -0.1) is 0 Å². The van der Waals surface area contributed by atoms with Gasteiger partial charge in [0.25, 0.3) is 15.9 Å². The molecule has 2 aromatic carbocycles. The summed E-state index contributed by atoms with van der Waals surface area (Å²) in [5, 5.41) is 7.67. The summed E-state index contributed by atoms with van der Waals surface area (Å²) in [5.41, 5.74) is 1.13. The van der Waals surface area contributed by atoms with E-state index in [9.17, 15) is 22.0 Å². The fraction of sp³-hybridized carbons (Fsp3) is 0.217. The fourth-order valence-corrected chi connectivity index (χ4v) is 4.56. The molecule has 0 saturated carbocycles. The van der Waals surface area contributed by atoms with Gasteiger partial charge in [-0.3, -0.25) is 4.79 Å². The van der Waals surface area contributed by atoms with Crippen molar-refractivity contribution >= 4 is 38.9 Å². The molecule has 0 radical (unpaired) electrons. The summed E-state index contributed by atoms with van der Waals surface area (Å²) in [6.45, 7) is 0.874. The topological polar surface area (TPSA) is 105 Å². The number of benzene rings is 2. The molecule has 1 aliphatic heterocycles. The molecule has 0 spiro atoms. The molecule has 1 fully saturated rings. The maximum Gasteiger partial charge on any atom is 0.257 e. The molecule has 178 valence electrons. The van der Waals surface area contributed by atoms with Crippen LogP contribution >= 0.6 is 11.6 Å². The first kappa shape index (κ1) is 24.1. The fourth-order valence-electron chi connectivity index (χ4n) is 3.92. The van der Waals surface area contributed by atoms with Crippen LogP contribution in [-0.2, 0) is 10.0 Å². The second-order valence-electron chi connectivity index (χ2n) is 7.98. The summed E-state index contributed by atoms with van der Waals surface area (Å²) in [7, 11) is -4.16. The number of halogens is 3. The van der Waals surface area contributed by atoms with Gasteiger partial charge in [0.2, 0.25) is 0 Å². The Bertz CT molecular complexity index is 1330. The number of nitrogens with two attached hydrogens (primary N) is 1. The molecule has 0 bridgehead atoms. The number of amides is 1. The third-order valence-electron chi connectivity index (χ3n) is 5.72. The van der Waals surface area contributed by atoms with Crippen LogP contribution in [0.5, 0.6) is 0 Å². The molecule has 0 unspecified atom stereocenters. The highest BCUT2D eigenvalue weighted by molar-refractivity contribution is 7.89. The number of piperidine rings is 1. The Balaban J connectivity index is 1.58. The molecule has 11 heteroatoms. The molecular weight excluding hydrogens is 486 g/mol. The predicted molar refractivity (Wildman–Crippen MR) is 125 cm³/mol. The van der Waals surface area contributed by atoms with Crippen molar-refractivity contribution in [2.45, 2.75) is 23.8 Å². The maximum absolute atomic E-state index is 14.4. The van der Waals surface area contributed by atoms with Crippen LogP contribution in [0, 0.1) is 11.6 Å². The summed E-state index contributed by atoms with van der Waals surface area (Å²) >= 11 is 5.80. The third kappa shape index (κ3) is 5.35. The minimum atomic E-state index is -4.16. The van der Waals surface area contributed by atoms with Gasteiger partial charge < -0.3 is 10.2 Å². The summed E-state index contributed by atoms with van der Waals surface area (Å²) in [6, 6.07) is 11.3. The zero-order valence-corrected chi connectivity index (χ0v) is 19.4. The van der Waals surface area contributed by atoms with Crippen molar-refractivity contribution in [1.82, 2.24) is 9.88 Å². The van der Waals surface area contributed by atoms with E-state index in [1.165, 1.54) is 24.3 Å². The second-order valence-corrected chi connectivity index (χ2v) is 9.93. The SMILES string of the molecule is NS(=O)(=O)c1cc(Nc2ccc(Cl)cc2F)c(C(=O)N2CCC(c3ccc(F)cc3)CC2)cn1. The van der Waals surface area contributed by atoms with E-state index in [-0.39, 0.29) is 39.6 Å². The number of nitrogens with one attached hydrogen (secondary N) is 1. The first-order valence-electron chi connectivity index (χ1n) is 10.4. The molecule has 3 aromatic rings. The lowest BCUT2D eigenvalue weighted by molar-refractivity contribution is 0.0713. The number of hydrogen-bond donors (Lipinski definition) is 2. The van der Waals surface area contributed by atoms with Crippen molar-refractivity contribution in [1.29, 1.82) is 0 Å². The van der Waals surface area contributed by atoms with Gasteiger partial charge in [-0.1, -0.05) is 23.7 Å². The van der Waals surface area contributed by atoms with Gasteiger partial charge in [0.15, 0.2) is 5.03 Å². The number of rotatable bonds is 5. The molecule has 2 heterocycles. The highest BCUT2D eigenvalue weighted by atomic mass is 35.5. The van der Waals surface area contributed by atoms with Crippen molar-refractivity contribution in [2.75, 3.05) is 18.4 Å². The maximum atomic E-state index is 14.4. The highest BCUT2D eigenvalue weighted by Gasteiger charge is 2.27. The molecule has 4 rings (SSSR count). The zero-order valence-electron chi connectivity index (χ0n) is 17.8. The van der Waals surface area contributed by atoms with Gasteiger partial charge in [-0.2, -0.15) is 0 Å². The van der Waals surface area contributed by atoms with Crippen LogP contribution in [0.4, 0.5) is 20.2 Å². The minimum Gasteiger partial charge on any atom is -0.352 e. The van der Waals surface area contributed by atoms with Crippen LogP contribution in [0.15, 0.2) is 59.8 Å². The molecule has 0 atom stereocenters. The van der Waals surface area contributed by atoms with Crippen LogP contribution in [0.1, 0.15) is 34.7 Å². The average molecular weight is 507 g/mol. The van der Waals surface area contributed by atoms with Gasteiger partial charge in [0.1, 0.15) is 11.6 Å². The molecule has 1 aliphatic rings. The first-order chi connectivity index (χ1) is 16.1. The van der Waals surface area contributed by atoms with E-state index in [4.69, 9.17) is 16.7 Å². The molecule has 1 aromatic heterocycles. The third-order valence-corrected chi connectivity index (χ3v) is 6.77. The summed E-state index contributed by atoms with van der Waals surface area (Å²) in [5.74, 6) is -1.18. The van der Waals surface area contributed by atoms with Crippen molar-refractivity contribution in [3.05, 3.63) is 82.5 Å². The van der Waals surface area contributed by atoms with Crippen LogP contribution in [0.3, 0.4) is 0 Å². The number of pyridine rings is 1. The number of likely N-dealkylation sites (tertiary alicyclic amines) is 1. The van der Waals surface area contributed by atoms with Gasteiger partial charge in [-0.05, 0) is 54.7 Å². The summed E-state index contributed by atoms with van der Waals surface area (Å²) in [4.78, 5) is 18.7. The van der Waals surface area contributed by atoms with Crippen LogP contribution < -0.4 is 10.5 Å². The Kier molecular flexibility index (Phi) is 6.83. The van der Waals surface area contributed by atoms with E-state index in [2.05, 4.69) is 10.3 Å². The minimum absolute atomic E-state index is 0.0000346. The second kappa shape index (κ2) is 9.65. The Morgan fingerprint density at radius 3 is 2.35 bits per heavy atom. The van der Waals surface area contributed by atoms with Crippen molar-refractivity contribution in [3.8, 4) is 0 Å². The van der Waals surface area contributed by atoms with Crippen molar-refractivity contribution < 1.29 is 22.0 Å². The van der Waals surface area contributed by atoms with Crippen LogP contribution in [-0.4, -0.2) is 37.3 Å². The van der Waals surface area contributed by atoms with E-state index < -0.39 is 20.9 Å². The number of carbonyl (C=O) groups is 1. The number of sulfonamides is 1. The molecule has 7 nitrogen and oxygen atoms in total. The number of nitrogens with zero attached hydrogens (tertiary/aromatic N) is 2. The van der Waals surface area contributed by atoms with E-state index in [1.807, 2.05) is 0 Å². The van der Waals surface area contributed by atoms with Gasteiger partial charge in [0.05, 0.1) is 16.9 Å². The predicted octanol–water partition coefficient (Wildman–Crippen LogP) is 4.42. The summed E-state index contributed by atoms with van der Waals surface area (Å²) in [6.07, 6.45) is 2.47. The number of primary sulfonamides is 1. The lowest BCUT2D eigenvalue weighted by Gasteiger charge is -2.32. The molecule has 3 N–H and O–H groups in total. The standard InChI is InChI=1S/C23H21ClF2N4O3S/c24-16-3-6-20(19(26)11-16)29-21-12-22(34(27,32)33)28-13-18(21)23(31)30-9-7-15(8-10-30)14-1-4-17(25)5-2-14/h1-6,11-13,15H,7-10H2,(H,28,29)(H2,27,32,33). The monoisotopic (exact) mass is 506 g/mol. The van der Waals surface area contributed by atoms with E-state index in [0.717, 1.165) is 23.9 Å². The zero-order chi connectivity index (χ0) is 24.5. The Morgan fingerprint density at radius 1 is 1.06 bits per heavy atom. The van der Waals surface area contributed by atoms with Gasteiger partial charge in [0, 0.05) is 30.4 Å². The van der Waals surface area contributed by atoms with Crippen LogP contribution in [0.2, 0.25) is 5.02 Å². The smallest absolute Gasteiger partial charge is 0.257 e. The van der Waals surface area contributed by atoms with Crippen molar-refractivity contribution in [2.24, 2.45) is 5.14 Å². The number of hydrogen-bond acceptors (Lipinski definition) is 5. The highest BCUT2D eigenvalue weighted by Crippen LogP contribution is 2.31. The summed E-state index contributed by atoms with van der Waals surface area (Å²) < 4.78 is 51.2. The van der Waals surface area contributed by atoms with E-state index in [1.54, 1.807) is 17.0 Å². The number of aromatic nitrogens is 1. The lowest BCUT2D eigenvalue weighted by atomic mass is 9.89. The Labute approximate surface area is 200 Å². The quantitative estimate of drug-likeness (QED) is 0.532. The van der Waals surface area contributed by atoms with Gasteiger partial charge >= 0.3 is 0 Å². The average Bonchev–Trinajstić information content (AvgIpc) is 2.80. The number of anilines is 2. The molecule has 34 heavy (non-hydrogen) atoms. The normalized spacial score (nSPS) is 14.8.